The standard InChI is InChI=1S/C12H21N3O2/c1-5-16-7-9(3)15-11-10(4)12(17-6-2)14-8-13-11/h8-9H,5-7H2,1-4H3,(H,13,14,15). The number of nitrogens with zero attached hydrogens (tertiary/aromatic N) is 2. The van der Waals surface area contributed by atoms with Crippen molar-refractivity contribution in [1.29, 1.82) is 0 Å². The monoisotopic (exact) mass is 239 g/mol. The summed E-state index contributed by atoms with van der Waals surface area (Å²) in [6.07, 6.45) is 1.51. The molecule has 1 aromatic heterocycles. The number of nitrogens with one attached hydrogen (secondary N) is 1. The smallest absolute Gasteiger partial charge is 0.221 e. The Bertz CT molecular complexity index is 345. The van der Waals surface area contributed by atoms with E-state index in [0.717, 1.165) is 18.0 Å². The van der Waals surface area contributed by atoms with Crippen LogP contribution in [0.15, 0.2) is 6.33 Å². The maximum atomic E-state index is 5.42. The third kappa shape index (κ3) is 4.19. The molecule has 0 fully saturated rings. The fraction of sp³-hybridized carbons (Fsp3) is 0.667. The lowest BCUT2D eigenvalue weighted by Crippen LogP contribution is -2.23. The highest BCUT2D eigenvalue weighted by Crippen LogP contribution is 2.20. The Labute approximate surface area is 103 Å². The number of rotatable bonds is 7. The average Bonchev–Trinajstić information content (AvgIpc) is 2.32. The predicted molar refractivity (Wildman–Crippen MR) is 67.5 cm³/mol. The van der Waals surface area contributed by atoms with Crippen molar-refractivity contribution in [3.63, 3.8) is 0 Å². The second-order valence-corrected chi connectivity index (χ2v) is 3.79. The van der Waals surface area contributed by atoms with Crippen LogP contribution in [0.2, 0.25) is 0 Å². The molecule has 0 amide bonds. The Kier molecular flexibility index (Phi) is 5.69. The van der Waals surface area contributed by atoms with E-state index in [0.29, 0.717) is 19.1 Å². The zero-order chi connectivity index (χ0) is 12.7. The van der Waals surface area contributed by atoms with Crippen LogP contribution in [0, 0.1) is 6.92 Å². The van der Waals surface area contributed by atoms with Gasteiger partial charge in [-0.1, -0.05) is 0 Å². The van der Waals surface area contributed by atoms with Gasteiger partial charge in [0.1, 0.15) is 12.1 Å². The number of ether oxygens (including phenoxy) is 2. The van der Waals surface area contributed by atoms with Gasteiger partial charge in [-0.25, -0.2) is 9.97 Å². The van der Waals surface area contributed by atoms with Crippen molar-refractivity contribution >= 4 is 5.82 Å². The Morgan fingerprint density at radius 2 is 2.06 bits per heavy atom. The third-order valence-corrected chi connectivity index (χ3v) is 2.27. The molecule has 1 rings (SSSR count). The average molecular weight is 239 g/mol. The molecule has 0 saturated carbocycles. The first kappa shape index (κ1) is 13.7. The van der Waals surface area contributed by atoms with E-state index < -0.39 is 0 Å². The summed E-state index contributed by atoms with van der Waals surface area (Å²) in [5, 5.41) is 3.29. The molecule has 0 radical (unpaired) electrons. The minimum Gasteiger partial charge on any atom is -0.478 e. The Hall–Kier alpha value is -1.36. The van der Waals surface area contributed by atoms with Gasteiger partial charge < -0.3 is 14.8 Å². The molecule has 1 aromatic rings. The van der Waals surface area contributed by atoms with Crippen LogP contribution in [-0.2, 0) is 4.74 Å². The highest BCUT2D eigenvalue weighted by molar-refractivity contribution is 5.48. The van der Waals surface area contributed by atoms with Crippen molar-refractivity contribution in [3.8, 4) is 5.88 Å². The van der Waals surface area contributed by atoms with Crippen molar-refractivity contribution in [1.82, 2.24) is 9.97 Å². The van der Waals surface area contributed by atoms with Crippen molar-refractivity contribution in [2.24, 2.45) is 0 Å². The summed E-state index contributed by atoms with van der Waals surface area (Å²) in [4.78, 5) is 8.30. The van der Waals surface area contributed by atoms with Gasteiger partial charge in [0.05, 0.1) is 18.8 Å². The minimum absolute atomic E-state index is 0.207. The molecule has 0 saturated heterocycles. The third-order valence-electron chi connectivity index (χ3n) is 2.27. The van der Waals surface area contributed by atoms with Gasteiger partial charge in [0.25, 0.3) is 0 Å². The van der Waals surface area contributed by atoms with Crippen LogP contribution >= 0.6 is 0 Å². The lowest BCUT2D eigenvalue weighted by Gasteiger charge is -2.16. The minimum atomic E-state index is 0.207. The summed E-state index contributed by atoms with van der Waals surface area (Å²) in [6, 6.07) is 0.207. The normalized spacial score (nSPS) is 12.2. The van der Waals surface area contributed by atoms with E-state index in [1.807, 2.05) is 20.8 Å². The summed E-state index contributed by atoms with van der Waals surface area (Å²) in [6.45, 7) is 9.90. The number of aromatic nitrogens is 2. The second kappa shape index (κ2) is 7.06. The van der Waals surface area contributed by atoms with Gasteiger partial charge >= 0.3 is 0 Å². The molecule has 1 heterocycles. The van der Waals surface area contributed by atoms with Crippen LogP contribution < -0.4 is 10.1 Å². The van der Waals surface area contributed by atoms with Crippen LogP contribution in [0.5, 0.6) is 5.88 Å². The first-order valence-corrected chi connectivity index (χ1v) is 5.97. The number of hydrogen-bond donors (Lipinski definition) is 1. The van der Waals surface area contributed by atoms with Gasteiger partial charge in [-0.3, -0.25) is 0 Å². The first-order chi connectivity index (χ1) is 8.19. The van der Waals surface area contributed by atoms with Crippen LogP contribution in [0.1, 0.15) is 26.3 Å². The van der Waals surface area contributed by atoms with Gasteiger partial charge in [-0.15, -0.1) is 0 Å². The topological polar surface area (TPSA) is 56.3 Å². The Morgan fingerprint density at radius 3 is 2.71 bits per heavy atom. The summed E-state index contributed by atoms with van der Waals surface area (Å²) in [5.41, 5.74) is 0.928. The molecule has 17 heavy (non-hydrogen) atoms. The van der Waals surface area contributed by atoms with E-state index in [4.69, 9.17) is 9.47 Å². The highest BCUT2D eigenvalue weighted by Gasteiger charge is 2.10. The molecule has 0 aliphatic rings. The molecule has 0 aliphatic carbocycles. The lowest BCUT2D eigenvalue weighted by molar-refractivity contribution is 0.141. The molecule has 5 heteroatoms. The van der Waals surface area contributed by atoms with Gasteiger partial charge in [0.15, 0.2) is 0 Å². The second-order valence-electron chi connectivity index (χ2n) is 3.79. The van der Waals surface area contributed by atoms with Crippen molar-refractivity contribution < 1.29 is 9.47 Å². The van der Waals surface area contributed by atoms with E-state index in [1.54, 1.807) is 0 Å². The molecule has 1 N–H and O–H groups in total. The van der Waals surface area contributed by atoms with Crippen LogP contribution in [0.4, 0.5) is 5.82 Å². The molecule has 5 nitrogen and oxygen atoms in total. The lowest BCUT2D eigenvalue weighted by atomic mass is 10.3. The van der Waals surface area contributed by atoms with E-state index >= 15 is 0 Å². The molecule has 0 bridgehead atoms. The van der Waals surface area contributed by atoms with Crippen LogP contribution in [-0.4, -0.2) is 35.8 Å². The SMILES string of the molecule is CCOCC(C)Nc1ncnc(OCC)c1C. The molecule has 0 spiro atoms. The molecular formula is C12H21N3O2. The Morgan fingerprint density at radius 1 is 1.29 bits per heavy atom. The van der Waals surface area contributed by atoms with E-state index in [1.165, 1.54) is 6.33 Å². The summed E-state index contributed by atoms with van der Waals surface area (Å²) >= 11 is 0. The first-order valence-electron chi connectivity index (χ1n) is 5.97. The summed E-state index contributed by atoms with van der Waals surface area (Å²) in [7, 11) is 0. The molecule has 1 unspecified atom stereocenters. The molecule has 0 aliphatic heterocycles. The van der Waals surface area contributed by atoms with Gasteiger partial charge in [-0.2, -0.15) is 0 Å². The van der Waals surface area contributed by atoms with Gasteiger partial charge in [-0.05, 0) is 27.7 Å². The van der Waals surface area contributed by atoms with E-state index in [-0.39, 0.29) is 6.04 Å². The van der Waals surface area contributed by atoms with Gasteiger partial charge in [0.2, 0.25) is 5.88 Å². The summed E-state index contributed by atoms with van der Waals surface area (Å²) in [5.74, 6) is 1.43. The predicted octanol–water partition coefficient (Wildman–Crippen LogP) is 2.02. The largest absolute Gasteiger partial charge is 0.478 e. The Balaban J connectivity index is 2.67. The van der Waals surface area contributed by atoms with E-state index in [2.05, 4.69) is 22.2 Å². The molecule has 1 atom stereocenters. The van der Waals surface area contributed by atoms with Crippen LogP contribution in [0.3, 0.4) is 0 Å². The van der Waals surface area contributed by atoms with Crippen molar-refractivity contribution in [2.75, 3.05) is 25.1 Å². The van der Waals surface area contributed by atoms with Gasteiger partial charge in [0, 0.05) is 12.6 Å². The molecule has 96 valence electrons. The zero-order valence-electron chi connectivity index (χ0n) is 11.0. The van der Waals surface area contributed by atoms with E-state index in [9.17, 15) is 0 Å². The zero-order valence-corrected chi connectivity index (χ0v) is 11.0. The molecular weight excluding hydrogens is 218 g/mol. The maximum Gasteiger partial charge on any atom is 0.221 e. The molecule has 0 aromatic carbocycles. The van der Waals surface area contributed by atoms with Crippen molar-refractivity contribution in [2.45, 2.75) is 33.7 Å². The quantitative estimate of drug-likeness (QED) is 0.789. The fourth-order valence-electron chi connectivity index (χ4n) is 1.43. The fourth-order valence-corrected chi connectivity index (χ4v) is 1.43. The summed E-state index contributed by atoms with van der Waals surface area (Å²) < 4.78 is 10.8. The van der Waals surface area contributed by atoms with Crippen LogP contribution in [0.25, 0.3) is 0 Å². The number of hydrogen-bond acceptors (Lipinski definition) is 5. The maximum absolute atomic E-state index is 5.42. The highest BCUT2D eigenvalue weighted by atomic mass is 16.5. The number of anilines is 1. The van der Waals surface area contributed by atoms with Crippen molar-refractivity contribution in [3.05, 3.63) is 11.9 Å².